The second-order valence-electron chi connectivity index (χ2n) is 2.89. The number of nitrogens with zero attached hydrogens (tertiary/aromatic N) is 1. The van der Waals surface area contributed by atoms with Gasteiger partial charge in [0.2, 0.25) is 0 Å². The highest BCUT2D eigenvalue weighted by Gasteiger charge is 2.21. The van der Waals surface area contributed by atoms with E-state index in [2.05, 4.69) is 24.2 Å². The Kier molecular flexibility index (Phi) is 2.49. The summed E-state index contributed by atoms with van der Waals surface area (Å²) in [7, 11) is 2.17. The fourth-order valence-corrected chi connectivity index (χ4v) is 1.31. The predicted octanol–water partition coefficient (Wildman–Crippen LogP) is 0.157. The molecule has 1 N–H and O–H groups in total. The van der Waals surface area contributed by atoms with E-state index >= 15 is 0 Å². The largest absolute Gasteiger partial charge is 0.317 e. The fourth-order valence-electron chi connectivity index (χ4n) is 1.31. The highest BCUT2D eigenvalue weighted by atomic mass is 15.2. The van der Waals surface area contributed by atoms with Gasteiger partial charge in [-0.15, -0.1) is 0 Å². The average Bonchev–Trinajstić information content (AvgIpc) is 1.78. The average molecular weight is 128 g/mol. The maximum Gasteiger partial charge on any atom is 0.00312 e. The summed E-state index contributed by atoms with van der Waals surface area (Å²) >= 11 is 0. The summed E-state index contributed by atoms with van der Waals surface area (Å²) in [5, 5.41) is 3.34. The second kappa shape index (κ2) is 3.18. The first-order valence-corrected chi connectivity index (χ1v) is 3.72. The van der Waals surface area contributed by atoms with Crippen molar-refractivity contribution < 1.29 is 0 Å². The lowest BCUT2D eigenvalue weighted by Gasteiger charge is -2.36. The maximum absolute atomic E-state index is 3.34. The Bertz CT molecular complexity index is 77.0. The molecule has 9 heavy (non-hydrogen) atoms. The van der Waals surface area contributed by atoms with Gasteiger partial charge in [0.05, 0.1) is 0 Å². The van der Waals surface area contributed by atoms with Crippen molar-refractivity contribution in [2.75, 3.05) is 33.2 Å². The van der Waals surface area contributed by atoms with E-state index in [1.165, 1.54) is 19.6 Å². The molecule has 1 saturated heterocycles. The van der Waals surface area contributed by atoms with E-state index in [0.29, 0.717) is 0 Å². The first-order valence-electron chi connectivity index (χ1n) is 3.72. The van der Waals surface area contributed by atoms with Gasteiger partial charge in [0, 0.05) is 19.6 Å². The summed E-state index contributed by atoms with van der Waals surface area (Å²) in [4.78, 5) is 2.35. The van der Waals surface area contributed by atoms with Crippen LogP contribution in [0.4, 0.5) is 0 Å². The summed E-state index contributed by atoms with van der Waals surface area (Å²) in [5.74, 6) is 0.926. The molecule has 0 aromatic carbocycles. The van der Waals surface area contributed by atoms with E-state index in [9.17, 15) is 0 Å². The zero-order valence-electron chi connectivity index (χ0n) is 6.35. The van der Waals surface area contributed by atoms with Gasteiger partial charge in [-0.3, -0.25) is 0 Å². The fraction of sp³-hybridized carbons (Fsp3) is 1.00. The molecule has 2 nitrogen and oxygen atoms in total. The minimum absolute atomic E-state index is 0.926. The van der Waals surface area contributed by atoms with Crippen LogP contribution in [0.15, 0.2) is 0 Å². The number of rotatable bonds is 3. The Balaban J connectivity index is 1.91. The molecule has 0 amide bonds. The molecule has 1 rings (SSSR count). The Labute approximate surface area is 57.2 Å². The third-order valence-electron chi connectivity index (χ3n) is 1.82. The SMILES string of the molecule is CCNCC1CN(C)C1. The summed E-state index contributed by atoms with van der Waals surface area (Å²) in [6.07, 6.45) is 0. The molecular formula is C7H16N2. The molecule has 1 heterocycles. The third-order valence-corrected chi connectivity index (χ3v) is 1.82. The van der Waals surface area contributed by atoms with Gasteiger partial charge in [0.25, 0.3) is 0 Å². The Morgan fingerprint density at radius 1 is 1.56 bits per heavy atom. The summed E-state index contributed by atoms with van der Waals surface area (Å²) in [5.41, 5.74) is 0. The highest BCUT2D eigenvalue weighted by molar-refractivity contribution is 4.77. The van der Waals surface area contributed by atoms with Crippen molar-refractivity contribution in [3.05, 3.63) is 0 Å². The minimum Gasteiger partial charge on any atom is -0.317 e. The minimum atomic E-state index is 0.926. The Morgan fingerprint density at radius 2 is 2.22 bits per heavy atom. The monoisotopic (exact) mass is 128 g/mol. The van der Waals surface area contributed by atoms with E-state index in [4.69, 9.17) is 0 Å². The standard InChI is InChI=1S/C7H16N2/c1-3-8-4-7-5-9(2)6-7/h7-8H,3-6H2,1-2H3. The molecule has 0 unspecified atom stereocenters. The number of likely N-dealkylation sites (tertiary alicyclic amines) is 1. The Morgan fingerprint density at radius 3 is 2.67 bits per heavy atom. The van der Waals surface area contributed by atoms with Crippen LogP contribution in [-0.4, -0.2) is 38.1 Å². The molecular weight excluding hydrogens is 112 g/mol. The smallest absolute Gasteiger partial charge is 0.00312 e. The molecule has 0 aromatic heterocycles. The molecule has 1 fully saturated rings. The molecule has 0 spiro atoms. The second-order valence-corrected chi connectivity index (χ2v) is 2.89. The first-order chi connectivity index (χ1) is 4.33. The molecule has 54 valence electrons. The lowest BCUT2D eigenvalue weighted by molar-refractivity contribution is 0.133. The van der Waals surface area contributed by atoms with Gasteiger partial charge in [-0.25, -0.2) is 0 Å². The molecule has 0 bridgehead atoms. The molecule has 0 radical (unpaired) electrons. The van der Waals surface area contributed by atoms with Gasteiger partial charge in [0.1, 0.15) is 0 Å². The molecule has 0 aliphatic carbocycles. The van der Waals surface area contributed by atoms with Crippen LogP contribution in [0.1, 0.15) is 6.92 Å². The summed E-state index contributed by atoms with van der Waals surface area (Å²) in [6, 6.07) is 0. The molecule has 0 saturated carbocycles. The van der Waals surface area contributed by atoms with E-state index in [0.717, 1.165) is 12.5 Å². The van der Waals surface area contributed by atoms with Crippen molar-refractivity contribution in [2.24, 2.45) is 5.92 Å². The zero-order valence-corrected chi connectivity index (χ0v) is 6.35. The van der Waals surface area contributed by atoms with Crippen molar-refractivity contribution >= 4 is 0 Å². The van der Waals surface area contributed by atoms with Crippen molar-refractivity contribution in [3.63, 3.8) is 0 Å². The van der Waals surface area contributed by atoms with E-state index in [1.54, 1.807) is 0 Å². The van der Waals surface area contributed by atoms with Crippen LogP contribution in [0.5, 0.6) is 0 Å². The lowest BCUT2D eigenvalue weighted by Crippen LogP contribution is -2.48. The van der Waals surface area contributed by atoms with E-state index in [-0.39, 0.29) is 0 Å². The Hall–Kier alpha value is -0.0800. The van der Waals surface area contributed by atoms with Gasteiger partial charge in [-0.05, 0) is 19.5 Å². The van der Waals surface area contributed by atoms with Crippen LogP contribution in [-0.2, 0) is 0 Å². The maximum atomic E-state index is 3.34. The molecule has 2 heteroatoms. The lowest BCUT2D eigenvalue weighted by atomic mass is 10.0. The highest BCUT2D eigenvalue weighted by Crippen LogP contribution is 2.10. The van der Waals surface area contributed by atoms with Crippen molar-refractivity contribution in [1.82, 2.24) is 10.2 Å². The van der Waals surface area contributed by atoms with Gasteiger partial charge in [-0.2, -0.15) is 0 Å². The van der Waals surface area contributed by atoms with E-state index in [1.807, 2.05) is 0 Å². The van der Waals surface area contributed by atoms with Gasteiger partial charge in [-0.1, -0.05) is 6.92 Å². The quantitative estimate of drug-likeness (QED) is 0.582. The summed E-state index contributed by atoms with van der Waals surface area (Å²) < 4.78 is 0. The van der Waals surface area contributed by atoms with E-state index < -0.39 is 0 Å². The molecule has 1 aliphatic heterocycles. The van der Waals surface area contributed by atoms with Gasteiger partial charge < -0.3 is 10.2 Å². The third kappa shape index (κ3) is 1.95. The van der Waals surface area contributed by atoms with Crippen LogP contribution in [0.3, 0.4) is 0 Å². The van der Waals surface area contributed by atoms with Crippen LogP contribution < -0.4 is 5.32 Å². The molecule has 1 aliphatic rings. The predicted molar refractivity (Wildman–Crippen MR) is 39.5 cm³/mol. The van der Waals surface area contributed by atoms with Crippen LogP contribution in [0, 0.1) is 5.92 Å². The molecule has 0 aromatic rings. The number of nitrogens with one attached hydrogen (secondary N) is 1. The van der Waals surface area contributed by atoms with Crippen molar-refractivity contribution in [3.8, 4) is 0 Å². The van der Waals surface area contributed by atoms with Crippen molar-refractivity contribution in [1.29, 1.82) is 0 Å². The topological polar surface area (TPSA) is 15.3 Å². The summed E-state index contributed by atoms with van der Waals surface area (Å²) in [6.45, 7) is 7.05. The normalized spacial score (nSPS) is 22.0. The zero-order chi connectivity index (χ0) is 6.69. The molecule has 0 atom stereocenters. The van der Waals surface area contributed by atoms with Crippen LogP contribution in [0.2, 0.25) is 0 Å². The number of hydrogen-bond acceptors (Lipinski definition) is 2. The number of hydrogen-bond donors (Lipinski definition) is 1. The van der Waals surface area contributed by atoms with Crippen LogP contribution >= 0.6 is 0 Å². The first kappa shape index (κ1) is 7.03. The van der Waals surface area contributed by atoms with Crippen LogP contribution in [0.25, 0.3) is 0 Å². The van der Waals surface area contributed by atoms with Crippen molar-refractivity contribution in [2.45, 2.75) is 6.92 Å². The van der Waals surface area contributed by atoms with Gasteiger partial charge >= 0.3 is 0 Å². The van der Waals surface area contributed by atoms with Gasteiger partial charge in [0.15, 0.2) is 0 Å².